The van der Waals surface area contributed by atoms with E-state index in [1.54, 1.807) is 6.07 Å². The Kier molecular flexibility index (Phi) is 4.23. The molecule has 2 fully saturated rings. The number of amides is 1. The van der Waals surface area contributed by atoms with E-state index in [1.807, 2.05) is 0 Å². The second-order valence-corrected chi connectivity index (χ2v) is 7.14. The van der Waals surface area contributed by atoms with Gasteiger partial charge in [-0.25, -0.2) is 0 Å². The Morgan fingerprint density at radius 2 is 2.09 bits per heavy atom. The normalized spacial score (nSPS) is 27.3. The zero-order chi connectivity index (χ0) is 15.9. The van der Waals surface area contributed by atoms with Gasteiger partial charge in [-0.1, -0.05) is 12.1 Å². The molecule has 1 aromatic rings. The first-order valence-electron chi connectivity index (χ1n) is 8.14. The molecule has 0 aliphatic carbocycles. The van der Waals surface area contributed by atoms with Crippen LogP contribution >= 0.6 is 0 Å². The number of likely N-dealkylation sites (tertiary alicyclic amines) is 2. The molecule has 2 aliphatic heterocycles. The maximum absolute atomic E-state index is 12.4. The molecule has 22 heavy (non-hydrogen) atoms. The molecule has 0 spiro atoms. The van der Waals surface area contributed by atoms with Crippen molar-refractivity contribution in [2.24, 2.45) is 5.92 Å². The molecule has 1 amide bonds. The maximum atomic E-state index is 12.4. The SMILES string of the molecule is CC1CN(C(C)C)CC1NC(=O)c1cc(C2CN(C)C2)on1. The third-order valence-corrected chi connectivity index (χ3v) is 4.91. The van der Waals surface area contributed by atoms with Crippen LogP contribution in [0.5, 0.6) is 0 Å². The van der Waals surface area contributed by atoms with Gasteiger partial charge >= 0.3 is 0 Å². The van der Waals surface area contributed by atoms with Crippen LogP contribution < -0.4 is 5.32 Å². The van der Waals surface area contributed by atoms with Gasteiger partial charge in [0.05, 0.1) is 0 Å². The predicted molar refractivity (Wildman–Crippen MR) is 83.9 cm³/mol. The largest absolute Gasteiger partial charge is 0.360 e. The number of nitrogens with zero attached hydrogens (tertiary/aromatic N) is 3. The summed E-state index contributed by atoms with van der Waals surface area (Å²) in [4.78, 5) is 17.0. The van der Waals surface area contributed by atoms with Gasteiger partial charge in [0.1, 0.15) is 5.76 Å². The van der Waals surface area contributed by atoms with Crippen LogP contribution in [-0.4, -0.2) is 66.2 Å². The molecule has 2 aliphatic rings. The Morgan fingerprint density at radius 1 is 1.36 bits per heavy atom. The van der Waals surface area contributed by atoms with E-state index in [2.05, 4.69) is 48.1 Å². The highest BCUT2D eigenvalue weighted by atomic mass is 16.5. The summed E-state index contributed by atoms with van der Waals surface area (Å²) >= 11 is 0. The van der Waals surface area contributed by atoms with E-state index in [9.17, 15) is 4.79 Å². The zero-order valence-electron chi connectivity index (χ0n) is 13.9. The van der Waals surface area contributed by atoms with Gasteiger partial charge in [-0.05, 0) is 26.8 Å². The van der Waals surface area contributed by atoms with Crippen LogP contribution in [0.25, 0.3) is 0 Å². The number of rotatable bonds is 4. The predicted octanol–water partition coefficient (Wildman–Crippen LogP) is 1.16. The summed E-state index contributed by atoms with van der Waals surface area (Å²) < 4.78 is 5.34. The lowest BCUT2D eigenvalue weighted by molar-refractivity contribution is 0.0921. The van der Waals surface area contributed by atoms with E-state index in [0.29, 0.717) is 23.6 Å². The minimum atomic E-state index is -0.120. The van der Waals surface area contributed by atoms with Crippen LogP contribution in [0.4, 0.5) is 0 Å². The summed E-state index contributed by atoms with van der Waals surface area (Å²) in [6.45, 7) is 10.4. The van der Waals surface area contributed by atoms with Crippen molar-refractivity contribution in [1.29, 1.82) is 0 Å². The summed E-state index contributed by atoms with van der Waals surface area (Å²) in [5, 5.41) is 7.06. The first-order valence-corrected chi connectivity index (χ1v) is 8.14. The molecule has 122 valence electrons. The Hall–Kier alpha value is -1.40. The fourth-order valence-electron chi connectivity index (χ4n) is 3.32. The van der Waals surface area contributed by atoms with Crippen LogP contribution in [0.2, 0.25) is 0 Å². The number of nitrogens with one attached hydrogen (secondary N) is 1. The maximum Gasteiger partial charge on any atom is 0.273 e. The fraction of sp³-hybridized carbons (Fsp3) is 0.750. The molecule has 0 saturated carbocycles. The third-order valence-electron chi connectivity index (χ3n) is 4.91. The van der Waals surface area contributed by atoms with Gasteiger partial charge < -0.3 is 14.7 Å². The molecule has 6 heteroatoms. The van der Waals surface area contributed by atoms with Crippen molar-refractivity contribution in [1.82, 2.24) is 20.3 Å². The molecule has 0 bridgehead atoms. The number of carbonyl (C=O) groups excluding carboxylic acids is 1. The molecule has 2 unspecified atom stereocenters. The first-order chi connectivity index (χ1) is 10.4. The number of hydrogen-bond donors (Lipinski definition) is 1. The van der Waals surface area contributed by atoms with Gasteiger partial charge in [0, 0.05) is 50.2 Å². The van der Waals surface area contributed by atoms with Crippen molar-refractivity contribution >= 4 is 5.91 Å². The highest BCUT2D eigenvalue weighted by Gasteiger charge is 2.33. The molecule has 6 nitrogen and oxygen atoms in total. The van der Waals surface area contributed by atoms with Gasteiger partial charge in [0.25, 0.3) is 5.91 Å². The summed E-state index contributed by atoms with van der Waals surface area (Å²) in [6, 6.07) is 2.50. The lowest BCUT2D eigenvalue weighted by atomic mass is 9.98. The van der Waals surface area contributed by atoms with Crippen molar-refractivity contribution in [3.05, 3.63) is 17.5 Å². The molecule has 0 aromatic carbocycles. The Morgan fingerprint density at radius 3 is 2.68 bits per heavy atom. The van der Waals surface area contributed by atoms with Gasteiger partial charge in [0.2, 0.25) is 0 Å². The van der Waals surface area contributed by atoms with Crippen molar-refractivity contribution < 1.29 is 9.32 Å². The van der Waals surface area contributed by atoms with Gasteiger partial charge in [0.15, 0.2) is 5.69 Å². The molecule has 1 N–H and O–H groups in total. The van der Waals surface area contributed by atoms with E-state index in [-0.39, 0.29) is 11.9 Å². The summed E-state index contributed by atoms with van der Waals surface area (Å²) in [6.07, 6.45) is 0. The van der Waals surface area contributed by atoms with Gasteiger partial charge in [-0.15, -0.1) is 0 Å². The summed E-state index contributed by atoms with van der Waals surface area (Å²) in [5.74, 6) is 1.54. The highest BCUT2D eigenvalue weighted by molar-refractivity contribution is 5.92. The lowest BCUT2D eigenvalue weighted by Crippen LogP contribution is -2.41. The van der Waals surface area contributed by atoms with Crippen molar-refractivity contribution in [3.63, 3.8) is 0 Å². The van der Waals surface area contributed by atoms with E-state index in [0.717, 1.165) is 31.9 Å². The van der Waals surface area contributed by atoms with Crippen LogP contribution in [0.1, 0.15) is 42.9 Å². The Balaban J connectivity index is 1.58. The van der Waals surface area contributed by atoms with Crippen LogP contribution in [-0.2, 0) is 0 Å². The Labute approximate surface area is 131 Å². The molecule has 2 saturated heterocycles. The number of carbonyl (C=O) groups is 1. The minimum Gasteiger partial charge on any atom is -0.360 e. The van der Waals surface area contributed by atoms with E-state index >= 15 is 0 Å². The topological polar surface area (TPSA) is 61.6 Å². The quantitative estimate of drug-likeness (QED) is 0.904. The average Bonchev–Trinajstić information content (AvgIpc) is 3.03. The molecule has 1 aromatic heterocycles. The second kappa shape index (κ2) is 6.01. The Bertz CT molecular complexity index is 536. The van der Waals surface area contributed by atoms with E-state index < -0.39 is 0 Å². The monoisotopic (exact) mass is 306 g/mol. The van der Waals surface area contributed by atoms with E-state index in [1.165, 1.54) is 0 Å². The van der Waals surface area contributed by atoms with E-state index in [4.69, 9.17) is 4.52 Å². The fourth-order valence-corrected chi connectivity index (χ4v) is 3.32. The third kappa shape index (κ3) is 3.03. The smallest absolute Gasteiger partial charge is 0.273 e. The van der Waals surface area contributed by atoms with Crippen molar-refractivity contribution in [2.75, 3.05) is 33.2 Å². The number of hydrogen-bond acceptors (Lipinski definition) is 5. The molecular formula is C16H26N4O2. The molecule has 3 rings (SSSR count). The molecule has 3 heterocycles. The van der Waals surface area contributed by atoms with Crippen molar-refractivity contribution in [2.45, 2.75) is 38.8 Å². The standard InChI is InChI=1S/C16H26N4O2/c1-10(2)20-6-11(3)14(9-20)17-16(21)13-5-15(22-18-13)12-7-19(4)8-12/h5,10-12,14H,6-9H2,1-4H3,(H,17,21). The molecule has 0 radical (unpaired) electrons. The van der Waals surface area contributed by atoms with Crippen LogP contribution in [0.15, 0.2) is 10.6 Å². The molecular weight excluding hydrogens is 280 g/mol. The lowest BCUT2D eigenvalue weighted by Gasteiger charge is -2.34. The first kappa shape index (κ1) is 15.5. The zero-order valence-corrected chi connectivity index (χ0v) is 13.9. The van der Waals surface area contributed by atoms with Crippen molar-refractivity contribution in [3.8, 4) is 0 Å². The summed E-state index contributed by atoms with van der Waals surface area (Å²) in [5.41, 5.74) is 0.403. The van der Waals surface area contributed by atoms with Gasteiger partial charge in [-0.3, -0.25) is 9.69 Å². The van der Waals surface area contributed by atoms with Gasteiger partial charge in [-0.2, -0.15) is 0 Å². The van der Waals surface area contributed by atoms with Crippen LogP contribution in [0, 0.1) is 5.92 Å². The number of likely N-dealkylation sites (N-methyl/N-ethyl adjacent to an activating group) is 1. The summed E-state index contributed by atoms with van der Waals surface area (Å²) in [7, 11) is 2.07. The molecule has 2 atom stereocenters. The average molecular weight is 306 g/mol. The highest BCUT2D eigenvalue weighted by Crippen LogP contribution is 2.26. The second-order valence-electron chi connectivity index (χ2n) is 7.14. The number of aromatic nitrogens is 1. The van der Waals surface area contributed by atoms with Crippen LogP contribution in [0.3, 0.4) is 0 Å². The minimum absolute atomic E-state index is 0.120.